The van der Waals surface area contributed by atoms with Gasteiger partial charge in [-0.3, -0.25) is 5.32 Å². The minimum Gasteiger partial charge on any atom is -0.464 e. The van der Waals surface area contributed by atoms with Crippen molar-refractivity contribution in [2.24, 2.45) is 0 Å². The van der Waals surface area contributed by atoms with Gasteiger partial charge in [-0.25, -0.2) is 14.6 Å². The predicted octanol–water partition coefficient (Wildman–Crippen LogP) is 5.07. The average Bonchev–Trinajstić information content (AvgIpc) is 2.72. The van der Waals surface area contributed by atoms with Gasteiger partial charge in [0.25, 0.3) is 0 Å². The number of esters is 1. The first-order valence-corrected chi connectivity index (χ1v) is 9.67. The van der Waals surface area contributed by atoms with Crippen molar-refractivity contribution < 1.29 is 23.8 Å². The number of ether oxygens (including phenoxy) is 3. The van der Waals surface area contributed by atoms with Crippen LogP contribution in [0.3, 0.4) is 0 Å². The number of amides is 1. The van der Waals surface area contributed by atoms with E-state index < -0.39 is 17.7 Å². The highest BCUT2D eigenvalue weighted by Crippen LogP contribution is 2.23. The first kappa shape index (κ1) is 21.8. The molecule has 1 aromatic heterocycles. The maximum atomic E-state index is 12.1. The van der Waals surface area contributed by atoms with Crippen molar-refractivity contribution in [3.8, 4) is 11.6 Å². The van der Waals surface area contributed by atoms with Crippen LogP contribution in [0.15, 0.2) is 66.4 Å². The molecule has 3 aromatic rings. The number of hydrogen-bond acceptors (Lipinski definition) is 6. The molecule has 1 heterocycles. The van der Waals surface area contributed by atoms with E-state index in [4.69, 9.17) is 14.2 Å². The summed E-state index contributed by atoms with van der Waals surface area (Å²) >= 11 is 0. The first-order valence-electron chi connectivity index (χ1n) is 9.67. The molecule has 0 aliphatic heterocycles. The van der Waals surface area contributed by atoms with E-state index in [2.05, 4.69) is 10.3 Å². The Balaban J connectivity index is 1.84. The minimum atomic E-state index is -0.741. The molecule has 7 heteroatoms. The molecule has 7 nitrogen and oxygen atoms in total. The molecule has 1 N–H and O–H groups in total. The number of para-hydroxylation sites is 1. The van der Waals surface area contributed by atoms with Gasteiger partial charge in [0.15, 0.2) is 0 Å². The third-order valence-corrected chi connectivity index (χ3v) is 4.01. The number of carbonyl (C=O) groups excluding carboxylic acids is 2. The Hall–Kier alpha value is -3.87. The van der Waals surface area contributed by atoms with E-state index in [1.807, 2.05) is 42.5 Å². The summed E-state index contributed by atoms with van der Waals surface area (Å²) in [5.74, 6) is 0.490. The Labute approximate surface area is 180 Å². The van der Waals surface area contributed by atoms with Crippen LogP contribution in [0, 0.1) is 0 Å². The zero-order chi connectivity index (χ0) is 22.4. The van der Waals surface area contributed by atoms with Crippen molar-refractivity contribution in [2.45, 2.75) is 26.4 Å². The Morgan fingerprint density at radius 3 is 2.42 bits per heavy atom. The molecule has 3 rings (SSSR count). The third kappa shape index (κ3) is 6.30. The van der Waals surface area contributed by atoms with Crippen molar-refractivity contribution in [2.75, 3.05) is 7.11 Å². The van der Waals surface area contributed by atoms with Gasteiger partial charge in [-0.05, 0) is 62.7 Å². The lowest BCUT2D eigenvalue weighted by molar-refractivity contribution is -0.136. The number of nitrogens with zero attached hydrogens (tertiary/aromatic N) is 1. The molecule has 160 valence electrons. The first-order chi connectivity index (χ1) is 14.7. The van der Waals surface area contributed by atoms with E-state index in [1.165, 1.54) is 13.2 Å². The van der Waals surface area contributed by atoms with Crippen LogP contribution in [0.1, 0.15) is 26.3 Å². The van der Waals surface area contributed by atoms with Gasteiger partial charge in [0, 0.05) is 11.5 Å². The monoisotopic (exact) mass is 420 g/mol. The minimum absolute atomic E-state index is 0.0342. The van der Waals surface area contributed by atoms with Gasteiger partial charge in [-0.1, -0.05) is 24.3 Å². The molecule has 0 aliphatic carbocycles. The number of nitrogens with one attached hydrogen (secondary N) is 1. The highest BCUT2D eigenvalue weighted by molar-refractivity contribution is 5.97. The van der Waals surface area contributed by atoms with E-state index in [0.29, 0.717) is 17.2 Å². The van der Waals surface area contributed by atoms with Crippen LogP contribution in [0.2, 0.25) is 0 Å². The Bertz CT molecular complexity index is 1120. The second-order valence-corrected chi connectivity index (χ2v) is 7.69. The number of methoxy groups -OCH3 is 1. The van der Waals surface area contributed by atoms with Crippen LogP contribution in [-0.2, 0) is 14.3 Å². The SMILES string of the molecule is COC(=O)/C(=C/c1ccc2nc(Oc3ccccc3)ccc2c1)NC(=O)OC(C)(C)C. The molecule has 0 saturated carbocycles. The second kappa shape index (κ2) is 9.30. The molecule has 0 fully saturated rings. The van der Waals surface area contributed by atoms with Gasteiger partial charge in [0.1, 0.15) is 17.0 Å². The number of fused-ring (bicyclic) bond motifs is 1. The van der Waals surface area contributed by atoms with Crippen LogP contribution in [0.25, 0.3) is 17.0 Å². The molecule has 0 unspecified atom stereocenters. The Morgan fingerprint density at radius 2 is 1.74 bits per heavy atom. The summed E-state index contributed by atoms with van der Waals surface area (Å²) in [4.78, 5) is 28.7. The van der Waals surface area contributed by atoms with Crippen molar-refractivity contribution in [1.29, 1.82) is 0 Å². The zero-order valence-corrected chi connectivity index (χ0v) is 17.8. The van der Waals surface area contributed by atoms with E-state index in [9.17, 15) is 9.59 Å². The summed E-state index contributed by atoms with van der Waals surface area (Å²) in [6, 6.07) is 18.5. The highest BCUT2D eigenvalue weighted by atomic mass is 16.6. The zero-order valence-electron chi connectivity index (χ0n) is 17.8. The van der Waals surface area contributed by atoms with Crippen LogP contribution >= 0.6 is 0 Å². The molecular formula is C24H24N2O5. The number of carbonyl (C=O) groups is 2. The number of rotatable bonds is 5. The molecule has 0 saturated heterocycles. The smallest absolute Gasteiger partial charge is 0.412 e. The standard InChI is InChI=1S/C24H24N2O5/c1-24(2,3)31-23(28)26-20(22(27)29-4)15-16-10-12-19-17(14-16)11-13-21(25-19)30-18-8-6-5-7-9-18/h5-15H,1-4H3,(H,26,28)/b20-15-. The fourth-order valence-electron chi connectivity index (χ4n) is 2.72. The van der Waals surface area contributed by atoms with Gasteiger partial charge in [0.05, 0.1) is 12.6 Å². The third-order valence-electron chi connectivity index (χ3n) is 4.01. The molecule has 0 radical (unpaired) electrons. The molecular weight excluding hydrogens is 396 g/mol. The summed E-state index contributed by atoms with van der Waals surface area (Å²) in [5.41, 5.74) is 0.681. The lowest BCUT2D eigenvalue weighted by atomic mass is 10.1. The van der Waals surface area contributed by atoms with Gasteiger partial charge in [-0.15, -0.1) is 0 Å². The van der Waals surface area contributed by atoms with Gasteiger partial charge in [-0.2, -0.15) is 0 Å². The van der Waals surface area contributed by atoms with Crippen LogP contribution in [-0.4, -0.2) is 29.8 Å². The molecule has 0 bridgehead atoms. The Kier molecular flexibility index (Phi) is 6.55. The Morgan fingerprint density at radius 1 is 1.00 bits per heavy atom. The van der Waals surface area contributed by atoms with Crippen molar-refractivity contribution >= 4 is 29.0 Å². The fraction of sp³-hybridized carbons (Fsp3) is 0.208. The molecule has 0 atom stereocenters. The molecule has 0 spiro atoms. The van der Waals surface area contributed by atoms with Gasteiger partial charge in [0.2, 0.25) is 5.88 Å². The van der Waals surface area contributed by atoms with E-state index in [0.717, 1.165) is 10.9 Å². The van der Waals surface area contributed by atoms with Crippen molar-refractivity contribution in [3.63, 3.8) is 0 Å². The van der Waals surface area contributed by atoms with Crippen LogP contribution < -0.4 is 10.1 Å². The number of pyridine rings is 1. The van der Waals surface area contributed by atoms with E-state index in [1.54, 1.807) is 39.0 Å². The summed E-state index contributed by atoms with van der Waals surface area (Å²) in [5, 5.41) is 3.29. The van der Waals surface area contributed by atoms with Gasteiger partial charge >= 0.3 is 12.1 Å². The molecule has 0 aliphatic rings. The number of benzene rings is 2. The largest absolute Gasteiger partial charge is 0.464 e. The lowest BCUT2D eigenvalue weighted by Gasteiger charge is -2.20. The highest BCUT2D eigenvalue weighted by Gasteiger charge is 2.20. The molecule has 31 heavy (non-hydrogen) atoms. The number of alkyl carbamates (subject to hydrolysis) is 1. The van der Waals surface area contributed by atoms with Crippen LogP contribution in [0.5, 0.6) is 11.6 Å². The maximum Gasteiger partial charge on any atom is 0.412 e. The average molecular weight is 420 g/mol. The fourth-order valence-corrected chi connectivity index (χ4v) is 2.72. The number of aromatic nitrogens is 1. The summed E-state index contributed by atoms with van der Waals surface area (Å²) in [7, 11) is 1.24. The van der Waals surface area contributed by atoms with E-state index in [-0.39, 0.29) is 5.70 Å². The van der Waals surface area contributed by atoms with E-state index >= 15 is 0 Å². The summed E-state index contributed by atoms with van der Waals surface area (Å²) in [6.45, 7) is 5.21. The van der Waals surface area contributed by atoms with Crippen molar-refractivity contribution in [3.05, 3.63) is 71.9 Å². The predicted molar refractivity (Wildman–Crippen MR) is 118 cm³/mol. The molecule has 2 aromatic carbocycles. The summed E-state index contributed by atoms with van der Waals surface area (Å²) in [6.07, 6.45) is 0.776. The topological polar surface area (TPSA) is 86.8 Å². The summed E-state index contributed by atoms with van der Waals surface area (Å²) < 4.78 is 15.7. The quantitative estimate of drug-likeness (QED) is 0.458. The molecule has 1 amide bonds. The normalized spacial score (nSPS) is 11.7. The lowest BCUT2D eigenvalue weighted by Crippen LogP contribution is -2.34. The number of hydrogen-bond donors (Lipinski definition) is 1. The maximum absolute atomic E-state index is 12.1. The van der Waals surface area contributed by atoms with Crippen molar-refractivity contribution in [1.82, 2.24) is 10.3 Å². The second-order valence-electron chi connectivity index (χ2n) is 7.69. The van der Waals surface area contributed by atoms with Gasteiger partial charge < -0.3 is 14.2 Å². The van der Waals surface area contributed by atoms with Crippen LogP contribution in [0.4, 0.5) is 4.79 Å².